The predicted octanol–water partition coefficient (Wildman–Crippen LogP) is 1.59. The molecule has 0 aromatic rings. The molecule has 4 heteroatoms. The first-order valence-corrected chi connectivity index (χ1v) is 8.27. The van der Waals surface area contributed by atoms with E-state index >= 15 is 0 Å². The number of nitrogens with zero attached hydrogens (tertiary/aromatic N) is 2. The molecule has 1 atom stereocenters. The highest BCUT2D eigenvalue weighted by atomic mass is 16.5. The molecule has 0 aromatic heterocycles. The van der Waals surface area contributed by atoms with Crippen LogP contribution in [0.25, 0.3) is 0 Å². The van der Waals surface area contributed by atoms with Gasteiger partial charge in [0.1, 0.15) is 0 Å². The van der Waals surface area contributed by atoms with Crippen LogP contribution in [0.15, 0.2) is 23.4 Å². The van der Waals surface area contributed by atoms with Crippen molar-refractivity contribution in [1.29, 1.82) is 0 Å². The molecule has 0 aromatic carbocycles. The number of rotatable bonds is 3. The van der Waals surface area contributed by atoms with Crippen LogP contribution in [0.1, 0.15) is 26.7 Å². The SMILES string of the molecule is CC1(C)CCN(CCN2CCOCC2)C2CC(N)=CC=C21. The van der Waals surface area contributed by atoms with Crippen molar-refractivity contribution < 1.29 is 4.74 Å². The summed E-state index contributed by atoms with van der Waals surface area (Å²) in [6.07, 6.45) is 6.63. The van der Waals surface area contributed by atoms with E-state index in [4.69, 9.17) is 10.5 Å². The average molecular weight is 291 g/mol. The highest BCUT2D eigenvalue weighted by molar-refractivity contribution is 5.33. The molecule has 0 amide bonds. The van der Waals surface area contributed by atoms with Gasteiger partial charge in [0, 0.05) is 44.3 Å². The molecular formula is C17H29N3O. The standard InChI is InChI=1S/C17H29N3O/c1-17(2)5-6-20(8-7-19-9-11-21-12-10-19)16-13-14(18)3-4-15(16)17/h3-4,16H,5-13,18H2,1-2H3. The molecule has 0 bridgehead atoms. The van der Waals surface area contributed by atoms with Crippen molar-refractivity contribution in [2.45, 2.75) is 32.7 Å². The first-order valence-electron chi connectivity index (χ1n) is 8.27. The maximum absolute atomic E-state index is 6.09. The molecule has 4 nitrogen and oxygen atoms in total. The molecule has 21 heavy (non-hydrogen) atoms. The molecule has 118 valence electrons. The fraction of sp³-hybridized carbons (Fsp3) is 0.765. The van der Waals surface area contributed by atoms with Gasteiger partial charge in [-0.3, -0.25) is 9.80 Å². The summed E-state index contributed by atoms with van der Waals surface area (Å²) >= 11 is 0. The van der Waals surface area contributed by atoms with E-state index in [2.05, 4.69) is 35.8 Å². The number of fused-ring (bicyclic) bond motifs is 1. The van der Waals surface area contributed by atoms with Crippen LogP contribution in [-0.2, 0) is 4.74 Å². The minimum absolute atomic E-state index is 0.317. The molecule has 3 rings (SSSR count). The zero-order chi connectivity index (χ0) is 14.9. The second kappa shape index (κ2) is 6.11. The van der Waals surface area contributed by atoms with Crippen molar-refractivity contribution in [3.8, 4) is 0 Å². The van der Waals surface area contributed by atoms with Gasteiger partial charge < -0.3 is 10.5 Å². The monoisotopic (exact) mass is 291 g/mol. The van der Waals surface area contributed by atoms with E-state index in [1.165, 1.54) is 13.0 Å². The highest BCUT2D eigenvalue weighted by Crippen LogP contribution is 2.42. The first-order chi connectivity index (χ1) is 10.1. The number of nitrogens with two attached hydrogens (primary N) is 1. The second-order valence-corrected chi connectivity index (χ2v) is 7.21. The Bertz CT molecular complexity index is 435. The summed E-state index contributed by atoms with van der Waals surface area (Å²) in [6, 6.07) is 0.514. The topological polar surface area (TPSA) is 41.7 Å². The van der Waals surface area contributed by atoms with Crippen LogP contribution in [0, 0.1) is 5.41 Å². The predicted molar refractivity (Wildman–Crippen MR) is 86.0 cm³/mol. The number of ether oxygens (including phenoxy) is 1. The fourth-order valence-electron chi connectivity index (χ4n) is 3.80. The van der Waals surface area contributed by atoms with Gasteiger partial charge in [-0.2, -0.15) is 0 Å². The van der Waals surface area contributed by atoms with Gasteiger partial charge in [-0.25, -0.2) is 0 Å². The molecule has 0 saturated carbocycles. The molecule has 2 saturated heterocycles. The summed E-state index contributed by atoms with van der Waals surface area (Å²) in [5.74, 6) is 0. The Morgan fingerprint density at radius 2 is 1.95 bits per heavy atom. The Balaban J connectivity index is 1.64. The molecule has 2 fully saturated rings. The van der Waals surface area contributed by atoms with Gasteiger partial charge in [0.25, 0.3) is 0 Å². The summed E-state index contributed by atoms with van der Waals surface area (Å²) in [6.45, 7) is 12.2. The van der Waals surface area contributed by atoms with Crippen molar-refractivity contribution in [1.82, 2.24) is 9.80 Å². The number of piperidine rings is 1. The van der Waals surface area contributed by atoms with E-state index in [9.17, 15) is 0 Å². The number of morpholine rings is 1. The Hall–Kier alpha value is -0.840. The van der Waals surface area contributed by atoms with E-state index in [0.717, 1.165) is 51.5 Å². The number of hydrogen-bond acceptors (Lipinski definition) is 4. The smallest absolute Gasteiger partial charge is 0.0594 e. The quantitative estimate of drug-likeness (QED) is 0.857. The maximum atomic E-state index is 6.09. The summed E-state index contributed by atoms with van der Waals surface area (Å²) in [5, 5.41) is 0. The van der Waals surface area contributed by atoms with Crippen molar-refractivity contribution >= 4 is 0 Å². The van der Waals surface area contributed by atoms with Crippen molar-refractivity contribution in [2.24, 2.45) is 11.1 Å². The molecule has 2 N–H and O–H groups in total. The molecule has 1 aliphatic carbocycles. The minimum Gasteiger partial charge on any atom is -0.402 e. The minimum atomic E-state index is 0.317. The van der Waals surface area contributed by atoms with E-state index in [0.29, 0.717) is 11.5 Å². The molecule has 2 heterocycles. The van der Waals surface area contributed by atoms with Crippen LogP contribution in [-0.4, -0.2) is 61.8 Å². The van der Waals surface area contributed by atoms with Crippen LogP contribution < -0.4 is 5.73 Å². The Kier molecular flexibility index (Phi) is 4.38. The van der Waals surface area contributed by atoms with E-state index < -0.39 is 0 Å². The first kappa shape index (κ1) is 15.1. The molecule has 0 spiro atoms. The van der Waals surface area contributed by atoms with Crippen molar-refractivity contribution in [3.63, 3.8) is 0 Å². The fourth-order valence-corrected chi connectivity index (χ4v) is 3.80. The third-order valence-electron chi connectivity index (χ3n) is 5.32. The van der Waals surface area contributed by atoms with Gasteiger partial charge in [-0.15, -0.1) is 0 Å². The third-order valence-corrected chi connectivity index (χ3v) is 5.32. The number of hydrogen-bond donors (Lipinski definition) is 1. The lowest BCUT2D eigenvalue weighted by molar-refractivity contribution is 0.0279. The highest BCUT2D eigenvalue weighted by Gasteiger charge is 2.38. The average Bonchev–Trinajstić information content (AvgIpc) is 2.47. The Morgan fingerprint density at radius 3 is 2.71 bits per heavy atom. The van der Waals surface area contributed by atoms with Gasteiger partial charge >= 0.3 is 0 Å². The summed E-state index contributed by atoms with van der Waals surface area (Å²) in [7, 11) is 0. The molecule has 1 unspecified atom stereocenters. The summed E-state index contributed by atoms with van der Waals surface area (Å²) in [5.41, 5.74) is 9.01. The van der Waals surface area contributed by atoms with Crippen LogP contribution in [0.2, 0.25) is 0 Å². The largest absolute Gasteiger partial charge is 0.402 e. The lowest BCUT2D eigenvalue weighted by atomic mass is 9.71. The normalized spacial score (nSPS) is 30.5. The van der Waals surface area contributed by atoms with Gasteiger partial charge in [-0.05, 0) is 30.0 Å². The number of allylic oxidation sites excluding steroid dienone is 2. The van der Waals surface area contributed by atoms with Crippen LogP contribution in [0.4, 0.5) is 0 Å². The zero-order valence-electron chi connectivity index (χ0n) is 13.5. The van der Waals surface area contributed by atoms with E-state index in [-0.39, 0.29) is 0 Å². The van der Waals surface area contributed by atoms with Crippen LogP contribution in [0.5, 0.6) is 0 Å². The van der Waals surface area contributed by atoms with Gasteiger partial charge in [0.15, 0.2) is 0 Å². The molecule has 0 radical (unpaired) electrons. The van der Waals surface area contributed by atoms with Gasteiger partial charge in [0.05, 0.1) is 13.2 Å². The molecular weight excluding hydrogens is 262 g/mol. The summed E-state index contributed by atoms with van der Waals surface area (Å²) in [4.78, 5) is 5.17. The number of likely N-dealkylation sites (tertiary alicyclic amines) is 1. The third kappa shape index (κ3) is 3.33. The maximum Gasteiger partial charge on any atom is 0.0594 e. The van der Waals surface area contributed by atoms with Crippen molar-refractivity contribution in [2.75, 3.05) is 45.9 Å². The van der Waals surface area contributed by atoms with E-state index in [1.807, 2.05) is 0 Å². The van der Waals surface area contributed by atoms with Crippen LogP contribution >= 0.6 is 0 Å². The lowest BCUT2D eigenvalue weighted by Crippen LogP contribution is -2.51. The van der Waals surface area contributed by atoms with Crippen molar-refractivity contribution in [3.05, 3.63) is 23.4 Å². The van der Waals surface area contributed by atoms with E-state index in [1.54, 1.807) is 5.57 Å². The Morgan fingerprint density at radius 1 is 1.19 bits per heavy atom. The van der Waals surface area contributed by atoms with Gasteiger partial charge in [0.2, 0.25) is 0 Å². The molecule has 2 aliphatic heterocycles. The molecule has 3 aliphatic rings. The Labute approximate surface area is 128 Å². The zero-order valence-corrected chi connectivity index (χ0v) is 13.5. The summed E-state index contributed by atoms with van der Waals surface area (Å²) < 4.78 is 5.43. The lowest BCUT2D eigenvalue weighted by Gasteiger charge is -2.47. The van der Waals surface area contributed by atoms with Crippen LogP contribution in [0.3, 0.4) is 0 Å². The van der Waals surface area contributed by atoms with Gasteiger partial charge in [-0.1, -0.05) is 19.9 Å². The second-order valence-electron chi connectivity index (χ2n) is 7.21.